The molecule has 0 aliphatic heterocycles. The summed E-state index contributed by atoms with van der Waals surface area (Å²) in [6, 6.07) is 12.2. The standard InChI is InChI=1S/C14H16N2O/c1-11(16-13-7-9-15-10-8-13)12-3-5-14(17-2)6-4-12/h3-11H,1-2H3,(H,15,16). The molecule has 0 radical (unpaired) electrons. The van der Waals surface area contributed by atoms with E-state index in [1.165, 1.54) is 5.56 Å². The molecule has 1 aromatic heterocycles. The third-order valence-electron chi connectivity index (χ3n) is 2.68. The minimum atomic E-state index is 0.253. The van der Waals surface area contributed by atoms with Crippen LogP contribution in [0.1, 0.15) is 18.5 Å². The number of ether oxygens (including phenoxy) is 1. The van der Waals surface area contributed by atoms with Gasteiger partial charge in [-0.05, 0) is 36.8 Å². The van der Waals surface area contributed by atoms with E-state index in [-0.39, 0.29) is 6.04 Å². The summed E-state index contributed by atoms with van der Waals surface area (Å²) in [6.07, 6.45) is 3.56. The molecule has 2 rings (SSSR count). The highest BCUT2D eigenvalue weighted by Gasteiger charge is 2.04. The van der Waals surface area contributed by atoms with Gasteiger partial charge in [0.25, 0.3) is 0 Å². The summed E-state index contributed by atoms with van der Waals surface area (Å²) in [5.74, 6) is 0.880. The van der Waals surface area contributed by atoms with Gasteiger partial charge >= 0.3 is 0 Å². The molecule has 1 unspecified atom stereocenters. The summed E-state index contributed by atoms with van der Waals surface area (Å²) < 4.78 is 5.14. The zero-order chi connectivity index (χ0) is 12.1. The van der Waals surface area contributed by atoms with Crippen LogP contribution in [0.2, 0.25) is 0 Å². The van der Waals surface area contributed by atoms with Gasteiger partial charge in [0.05, 0.1) is 7.11 Å². The average molecular weight is 228 g/mol. The largest absolute Gasteiger partial charge is 0.497 e. The van der Waals surface area contributed by atoms with Gasteiger partial charge < -0.3 is 10.1 Å². The molecule has 0 amide bonds. The Morgan fingerprint density at radius 3 is 2.29 bits per heavy atom. The fourth-order valence-electron chi connectivity index (χ4n) is 1.67. The first-order chi connectivity index (χ1) is 8.29. The lowest BCUT2D eigenvalue weighted by Gasteiger charge is -2.15. The molecule has 88 valence electrons. The van der Waals surface area contributed by atoms with Crippen LogP contribution >= 0.6 is 0 Å². The van der Waals surface area contributed by atoms with Crippen molar-refractivity contribution in [1.29, 1.82) is 0 Å². The Bertz CT molecular complexity index is 453. The van der Waals surface area contributed by atoms with Gasteiger partial charge in [-0.3, -0.25) is 4.98 Å². The first-order valence-corrected chi connectivity index (χ1v) is 5.60. The summed E-state index contributed by atoms with van der Waals surface area (Å²) in [5, 5.41) is 3.41. The van der Waals surface area contributed by atoms with E-state index in [9.17, 15) is 0 Å². The Hall–Kier alpha value is -2.03. The van der Waals surface area contributed by atoms with Crippen molar-refractivity contribution in [1.82, 2.24) is 4.98 Å². The second-order valence-corrected chi connectivity index (χ2v) is 3.88. The van der Waals surface area contributed by atoms with Gasteiger partial charge in [0.1, 0.15) is 5.75 Å². The molecule has 0 spiro atoms. The Balaban J connectivity index is 2.06. The molecule has 0 saturated heterocycles. The smallest absolute Gasteiger partial charge is 0.118 e. The fraction of sp³-hybridized carbons (Fsp3) is 0.214. The van der Waals surface area contributed by atoms with E-state index in [0.717, 1.165) is 11.4 Å². The highest BCUT2D eigenvalue weighted by atomic mass is 16.5. The van der Waals surface area contributed by atoms with E-state index in [0.29, 0.717) is 0 Å². The molecule has 1 aromatic carbocycles. The van der Waals surface area contributed by atoms with E-state index < -0.39 is 0 Å². The van der Waals surface area contributed by atoms with Crippen LogP contribution in [0.5, 0.6) is 5.75 Å². The maximum atomic E-state index is 5.14. The Labute approximate surface area is 101 Å². The molecule has 0 aliphatic carbocycles. The first kappa shape index (κ1) is 11.5. The van der Waals surface area contributed by atoms with Gasteiger partial charge in [0, 0.05) is 24.1 Å². The highest BCUT2D eigenvalue weighted by Crippen LogP contribution is 2.20. The molecule has 0 bridgehead atoms. The fourth-order valence-corrected chi connectivity index (χ4v) is 1.67. The summed E-state index contributed by atoms with van der Waals surface area (Å²) in [4.78, 5) is 3.99. The molecule has 3 nitrogen and oxygen atoms in total. The van der Waals surface area contributed by atoms with E-state index in [2.05, 4.69) is 29.4 Å². The summed E-state index contributed by atoms with van der Waals surface area (Å²) in [6.45, 7) is 2.13. The van der Waals surface area contributed by atoms with Crippen molar-refractivity contribution in [3.8, 4) is 5.75 Å². The molecular weight excluding hydrogens is 212 g/mol. The maximum Gasteiger partial charge on any atom is 0.118 e. The number of pyridine rings is 1. The van der Waals surface area contributed by atoms with Gasteiger partial charge in [-0.25, -0.2) is 0 Å². The van der Waals surface area contributed by atoms with Gasteiger partial charge in [0.2, 0.25) is 0 Å². The summed E-state index contributed by atoms with van der Waals surface area (Å²) >= 11 is 0. The van der Waals surface area contributed by atoms with Crippen LogP contribution < -0.4 is 10.1 Å². The summed E-state index contributed by atoms with van der Waals surface area (Å²) in [5.41, 5.74) is 2.30. The molecule has 1 N–H and O–H groups in total. The molecule has 0 saturated carbocycles. The van der Waals surface area contributed by atoms with E-state index in [4.69, 9.17) is 4.74 Å². The molecule has 1 atom stereocenters. The quantitative estimate of drug-likeness (QED) is 0.872. The third-order valence-corrected chi connectivity index (χ3v) is 2.68. The number of anilines is 1. The molecule has 0 aliphatic rings. The average Bonchev–Trinajstić information content (AvgIpc) is 2.40. The monoisotopic (exact) mass is 228 g/mol. The van der Waals surface area contributed by atoms with Gasteiger partial charge in [-0.15, -0.1) is 0 Å². The van der Waals surface area contributed by atoms with Crippen molar-refractivity contribution in [3.05, 3.63) is 54.4 Å². The lowest BCUT2D eigenvalue weighted by atomic mass is 10.1. The Morgan fingerprint density at radius 2 is 1.71 bits per heavy atom. The van der Waals surface area contributed by atoms with Crippen LogP contribution in [0.3, 0.4) is 0 Å². The second kappa shape index (κ2) is 5.34. The zero-order valence-corrected chi connectivity index (χ0v) is 10.1. The van der Waals surface area contributed by atoms with E-state index in [1.807, 2.05) is 24.3 Å². The Kier molecular flexibility index (Phi) is 3.60. The topological polar surface area (TPSA) is 34.1 Å². The number of aromatic nitrogens is 1. The molecule has 1 heterocycles. The Morgan fingerprint density at radius 1 is 1.06 bits per heavy atom. The third kappa shape index (κ3) is 2.97. The van der Waals surface area contributed by atoms with Gasteiger partial charge in [-0.1, -0.05) is 12.1 Å². The molecular formula is C14H16N2O. The molecule has 17 heavy (non-hydrogen) atoms. The zero-order valence-electron chi connectivity index (χ0n) is 10.1. The number of benzene rings is 1. The van der Waals surface area contributed by atoms with Crippen LogP contribution in [0.4, 0.5) is 5.69 Å². The lowest BCUT2D eigenvalue weighted by molar-refractivity contribution is 0.414. The number of hydrogen-bond donors (Lipinski definition) is 1. The lowest BCUT2D eigenvalue weighted by Crippen LogP contribution is -2.06. The predicted molar refractivity (Wildman–Crippen MR) is 69.3 cm³/mol. The minimum Gasteiger partial charge on any atom is -0.497 e. The molecule has 3 heteroatoms. The van der Waals surface area contributed by atoms with Crippen LogP contribution in [0.15, 0.2) is 48.8 Å². The van der Waals surface area contributed by atoms with Crippen molar-refractivity contribution in [3.63, 3.8) is 0 Å². The number of methoxy groups -OCH3 is 1. The molecule has 2 aromatic rings. The van der Waals surface area contributed by atoms with Crippen LogP contribution in [0, 0.1) is 0 Å². The highest BCUT2D eigenvalue weighted by molar-refractivity contribution is 5.44. The van der Waals surface area contributed by atoms with Gasteiger partial charge in [0.15, 0.2) is 0 Å². The van der Waals surface area contributed by atoms with Crippen molar-refractivity contribution in [2.45, 2.75) is 13.0 Å². The van der Waals surface area contributed by atoms with Crippen LogP contribution in [-0.4, -0.2) is 12.1 Å². The second-order valence-electron chi connectivity index (χ2n) is 3.88. The maximum absolute atomic E-state index is 5.14. The van der Waals surface area contributed by atoms with E-state index in [1.54, 1.807) is 19.5 Å². The minimum absolute atomic E-state index is 0.253. The number of hydrogen-bond acceptors (Lipinski definition) is 3. The van der Waals surface area contributed by atoms with Crippen LogP contribution in [0.25, 0.3) is 0 Å². The van der Waals surface area contributed by atoms with Crippen molar-refractivity contribution in [2.75, 3.05) is 12.4 Å². The van der Waals surface area contributed by atoms with Crippen molar-refractivity contribution >= 4 is 5.69 Å². The number of nitrogens with zero attached hydrogens (tertiary/aromatic N) is 1. The van der Waals surface area contributed by atoms with Crippen molar-refractivity contribution < 1.29 is 4.74 Å². The first-order valence-electron chi connectivity index (χ1n) is 5.60. The summed E-state index contributed by atoms with van der Waals surface area (Å²) in [7, 11) is 1.67. The number of rotatable bonds is 4. The predicted octanol–water partition coefficient (Wildman–Crippen LogP) is 3.26. The normalized spacial score (nSPS) is 11.9. The van der Waals surface area contributed by atoms with E-state index >= 15 is 0 Å². The number of nitrogens with one attached hydrogen (secondary N) is 1. The SMILES string of the molecule is COc1ccc(C(C)Nc2ccncc2)cc1. The van der Waals surface area contributed by atoms with Crippen molar-refractivity contribution in [2.24, 2.45) is 0 Å². The van der Waals surface area contributed by atoms with Crippen LogP contribution in [-0.2, 0) is 0 Å². The molecule has 0 fully saturated rings. The van der Waals surface area contributed by atoms with Gasteiger partial charge in [-0.2, -0.15) is 0 Å².